The van der Waals surface area contributed by atoms with Crippen molar-refractivity contribution in [1.82, 2.24) is 4.98 Å². The van der Waals surface area contributed by atoms with Crippen molar-refractivity contribution in [3.8, 4) is 5.75 Å². The number of carbonyl (C=O) groups is 1. The summed E-state index contributed by atoms with van der Waals surface area (Å²) < 4.78 is 19.7. The van der Waals surface area contributed by atoms with E-state index in [1.54, 1.807) is 24.8 Å². The molecule has 0 spiro atoms. The topological polar surface area (TPSA) is 62.2 Å². The Kier molecular flexibility index (Phi) is 8.52. The summed E-state index contributed by atoms with van der Waals surface area (Å²) in [5.41, 5.74) is 5.52. The summed E-state index contributed by atoms with van der Waals surface area (Å²) in [5.74, 6) is -0.703. The van der Waals surface area contributed by atoms with E-state index in [1.165, 1.54) is 12.1 Å². The van der Waals surface area contributed by atoms with E-state index in [2.05, 4.69) is 17.1 Å². The average Bonchev–Trinajstić information content (AvgIpc) is 3.02. The molecule has 176 valence electrons. The normalized spacial score (nSPS) is 15.3. The number of fused-ring (bicyclic) bond motifs is 3. The monoisotopic (exact) mass is 507 g/mol. The molecule has 3 aromatic carbocycles. The number of hydrogen-bond acceptors (Lipinski definition) is 5. The number of aromatic nitrogens is 1. The first kappa shape index (κ1) is 26.4. The van der Waals surface area contributed by atoms with Crippen LogP contribution in [-0.2, 0) is 11.4 Å². The van der Waals surface area contributed by atoms with E-state index in [0.717, 1.165) is 39.1 Å². The van der Waals surface area contributed by atoms with E-state index in [4.69, 9.17) is 4.74 Å². The number of benzene rings is 3. The molecule has 4 aromatic rings. The zero-order chi connectivity index (χ0) is 24.4. The zero-order valence-electron chi connectivity index (χ0n) is 20.1. The molecule has 0 radical (unpaired) electrons. The van der Waals surface area contributed by atoms with Crippen LogP contribution in [0.4, 0.5) is 4.39 Å². The van der Waals surface area contributed by atoms with E-state index in [-0.39, 0.29) is 40.6 Å². The van der Waals surface area contributed by atoms with Crippen LogP contribution in [0, 0.1) is 11.7 Å². The number of nitrogens with zero attached hydrogens (tertiary/aromatic N) is 1. The van der Waals surface area contributed by atoms with Crippen molar-refractivity contribution in [1.29, 1.82) is 0 Å². The minimum atomic E-state index is -1.05. The first-order valence-electron chi connectivity index (χ1n) is 11.4. The number of thioether (sulfide) groups is 1. The maximum atomic E-state index is 13.6. The number of ether oxygens (including phenoxy) is 1. The molecule has 0 saturated carbocycles. The Morgan fingerprint density at radius 2 is 1.92 bits per heavy atom. The maximum absolute atomic E-state index is 13.6. The summed E-state index contributed by atoms with van der Waals surface area (Å²) in [5, 5.41) is 12.1. The Bertz CT molecular complexity index is 1440. The van der Waals surface area contributed by atoms with Gasteiger partial charge in [0.05, 0.1) is 16.5 Å². The van der Waals surface area contributed by atoms with Gasteiger partial charge in [0, 0.05) is 34.7 Å². The molecule has 36 heavy (non-hydrogen) atoms. The van der Waals surface area contributed by atoms with Gasteiger partial charge in [0.15, 0.2) is 0 Å². The van der Waals surface area contributed by atoms with Crippen molar-refractivity contribution in [2.45, 2.75) is 18.8 Å². The van der Waals surface area contributed by atoms with Crippen molar-refractivity contribution in [3.63, 3.8) is 0 Å². The fraction of sp³-hybridized carbons (Fsp3) is 0.172. The SMILES string of the molecule is C[C@@H](CSC1c2ccccc2COc2ccc(C=Cc3ccc4ccc(F)cc4n3)cc21)C(=O)[O-].[Na+]. The van der Waals surface area contributed by atoms with E-state index in [9.17, 15) is 14.3 Å². The van der Waals surface area contributed by atoms with Gasteiger partial charge in [-0.2, -0.15) is 0 Å². The molecule has 1 aromatic heterocycles. The van der Waals surface area contributed by atoms with Crippen LogP contribution in [0.1, 0.15) is 40.1 Å². The first-order chi connectivity index (χ1) is 17.0. The molecule has 0 saturated heterocycles. The minimum absolute atomic E-state index is 0. The van der Waals surface area contributed by atoms with Crippen LogP contribution in [0.15, 0.2) is 72.8 Å². The van der Waals surface area contributed by atoms with E-state index < -0.39 is 11.9 Å². The van der Waals surface area contributed by atoms with Crippen LogP contribution >= 0.6 is 11.8 Å². The van der Waals surface area contributed by atoms with Gasteiger partial charge < -0.3 is 14.6 Å². The molecule has 4 nitrogen and oxygen atoms in total. The van der Waals surface area contributed by atoms with E-state index in [1.807, 2.05) is 54.6 Å². The summed E-state index contributed by atoms with van der Waals surface area (Å²) >= 11 is 1.59. The fourth-order valence-corrected chi connectivity index (χ4v) is 5.51. The van der Waals surface area contributed by atoms with Crippen LogP contribution < -0.4 is 39.4 Å². The van der Waals surface area contributed by atoms with Gasteiger partial charge in [-0.3, -0.25) is 0 Å². The number of hydrogen-bond donors (Lipinski definition) is 0. The fourth-order valence-electron chi connectivity index (χ4n) is 4.12. The maximum Gasteiger partial charge on any atom is 1.00 e. The Hall–Kier alpha value is -2.64. The Balaban J connectivity index is 0.00000304. The van der Waals surface area contributed by atoms with Crippen molar-refractivity contribution in [3.05, 3.63) is 107 Å². The third-order valence-electron chi connectivity index (χ3n) is 6.07. The summed E-state index contributed by atoms with van der Waals surface area (Å²) in [7, 11) is 0. The third-order valence-corrected chi connectivity index (χ3v) is 7.61. The van der Waals surface area contributed by atoms with Crippen LogP contribution in [0.25, 0.3) is 23.1 Å². The second kappa shape index (κ2) is 11.6. The molecule has 0 bridgehead atoms. The largest absolute Gasteiger partial charge is 1.00 e. The van der Waals surface area contributed by atoms with Crippen molar-refractivity contribution in [2.75, 3.05) is 5.75 Å². The van der Waals surface area contributed by atoms with Crippen LogP contribution in [0.5, 0.6) is 5.75 Å². The van der Waals surface area contributed by atoms with Crippen LogP contribution in [-0.4, -0.2) is 16.7 Å². The van der Waals surface area contributed by atoms with Crippen LogP contribution in [0.3, 0.4) is 0 Å². The molecular formula is C29H23FNNaO3S. The number of rotatable bonds is 6. The van der Waals surface area contributed by atoms with Gasteiger partial charge >= 0.3 is 29.6 Å². The third kappa shape index (κ3) is 5.84. The number of carboxylic acids is 1. The van der Waals surface area contributed by atoms with Crippen molar-refractivity contribution in [2.24, 2.45) is 5.92 Å². The standard InChI is InChI=1S/C29H24FNO3S.Na/c1-18(29(32)33)17-35-28-24-5-3-2-4-21(24)16-34-27-13-7-19(14-25(27)28)6-11-23-12-9-20-8-10-22(30)15-26(20)31-23;/h2-15,18,28H,16-17H2,1H3,(H,32,33);/q;+1/p-1/t18-,28?;/m0./s1. The van der Waals surface area contributed by atoms with Gasteiger partial charge in [-0.05, 0) is 53.1 Å². The van der Waals surface area contributed by atoms with Crippen LogP contribution in [0.2, 0.25) is 0 Å². The molecule has 1 aliphatic rings. The van der Waals surface area contributed by atoms with E-state index >= 15 is 0 Å². The minimum Gasteiger partial charge on any atom is -0.550 e. The zero-order valence-corrected chi connectivity index (χ0v) is 22.9. The summed E-state index contributed by atoms with van der Waals surface area (Å²) in [6, 6.07) is 22.5. The van der Waals surface area contributed by atoms with Gasteiger partial charge in [0.1, 0.15) is 18.2 Å². The summed E-state index contributed by atoms with van der Waals surface area (Å²) in [6.45, 7) is 2.13. The Morgan fingerprint density at radius 1 is 1.11 bits per heavy atom. The number of aliphatic carboxylic acids is 1. The predicted molar refractivity (Wildman–Crippen MR) is 136 cm³/mol. The molecule has 2 heterocycles. The Labute approximate surface area is 235 Å². The molecule has 0 amide bonds. The van der Waals surface area contributed by atoms with Gasteiger partial charge in [-0.1, -0.05) is 49.4 Å². The quantitative estimate of drug-likeness (QED) is 0.376. The smallest absolute Gasteiger partial charge is 0.550 e. The molecule has 0 fully saturated rings. The molecule has 1 unspecified atom stereocenters. The molecule has 0 N–H and O–H groups in total. The number of halogens is 1. The summed E-state index contributed by atoms with van der Waals surface area (Å²) in [4.78, 5) is 15.9. The summed E-state index contributed by atoms with van der Waals surface area (Å²) in [6.07, 6.45) is 3.87. The van der Waals surface area contributed by atoms with Gasteiger partial charge in [-0.15, -0.1) is 11.8 Å². The van der Waals surface area contributed by atoms with E-state index in [0.29, 0.717) is 17.9 Å². The van der Waals surface area contributed by atoms with Crippen molar-refractivity contribution >= 4 is 40.8 Å². The van der Waals surface area contributed by atoms with Crippen molar-refractivity contribution < 1.29 is 48.6 Å². The van der Waals surface area contributed by atoms with Gasteiger partial charge in [-0.25, -0.2) is 9.37 Å². The number of carboxylic acid groups (broad SMARTS) is 1. The second-order valence-corrected chi connectivity index (χ2v) is 9.76. The number of pyridine rings is 1. The average molecular weight is 508 g/mol. The predicted octanol–water partition coefficient (Wildman–Crippen LogP) is 2.65. The molecule has 0 aliphatic carbocycles. The Morgan fingerprint density at radius 3 is 2.75 bits per heavy atom. The molecule has 1 aliphatic heterocycles. The second-order valence-electron chi connectivity index (χ2n) is 8.62. The van der Waals surface area contributed by atoms with Gasteiger partial charge in [0.25, 0.3) is 0 Å². The molecule has 7 heteroatoms. The molecule has 2 atom stereocenters. The first-order valence-corrected chi connectivity index (χ1v) is 12.4. The van der Waals surface area contributed by atoms with Gasteiger partial charge in [0.2, 0.25) is 0 Å². The molecular weight excluding hydrogens is 484 g/mol. The number of carbonyl (C=O) groups excluding carboxylic acids is 1. The molecule has 5 rings (SSSR count).